The first kappa shape index (κ1) is 13.9. The molecule has 0 aromatic heterocycles. The quantitative estimate of drug-likeness (QED) is 0.818. The van der Waals surface area contributed by atoms with Crippen LogP contribution in [-0.4, -0.2) is 19.4 Å². The van der Waals surface area contributed by atoms with Crippen molar-refractivity contribution in [3.8, 4) is 5.75 Å². The Hall–Kier alpha value is -2.55. The fourth-order valence-corrected chi connectivity index (χ4v) is 1.83. The highest BCUT2D eigenvalue weighted by Crippen LogP contribution is 2.16. The average Bonchev–Trinajstić information content (AvgIpc) is 2.52. The topological polar surface area (TPSA) is 38.3 Å². The number of ether oxygens (including phenoxy) is 1. The summed E-state index contributed by atoms with van der Waals surface area (Å²) in [7, 11) is 1.77. The van der Waals surface area contributed by atoms with Crippen molar-refractivity contribution in [3.05, 3.63) is 72.4 Å². The Morgan fingerprint density at radius 3 is 2.25 bits per heavy atom. The highest BCUT2D eigenvalue weighted by molar-refractivity contribution is 6.21. The van der Waals surface area contributed by atoms with Crippen LogP contribution >= 0.6 is 0 Å². The number of hydrogen-bond donors (Lipinski definition) is 1. The largest absolute Gasteiger partial charge is 0.485 e. The van der Waals surface area contributed by atoms with Gasteiger partial charge in [-0.3, -0.25) is 4.79 Å². The molecule has 0 heterocycles. The predicted octanol–water partition coefficient (Wildman–Crippen LogP) is 2.90. The van der Waals surface area contributed by atoms with Crippen molar-refractivity contribution in [2.45, 2.75) is 0 Å². The molecular weight excluding hydrogens is 250 g/mol. The van der Waals surface area contributed by atoms with Crippen LogP contribution in [0.25, 0.3) is 5.57 Å². The van der Waals surface area contributed by atoms with Gasteiger partial charge in [0.25, 0.3) is 0 Å². The Bertz CT molecular complexity index is 576. The summed E-state index contributed by atoms with van der Waals surface area (Å²) in [6.07, 6.45) is 1.70. The molecule has 102 valence electrons. The zero-order valence-corrected chi connectivity index (χ0v) is 11.4. The molecule has 0 fully saturated rings. The second-order valence-corrected chi connectivity index (χ2v) is 4.24. The average molecular weight is 267 g/mol. The lowest BCUT2D eigenvalue weighted by Crippen LogP contribution is -2.15. The standard InChI is InChI=1S/C17H17NO2/c1-18-12-16(14-8-4-2-5-9-14)17(19)13-20-15-10-6-3-7-11-15/h2-12,18H,13H2,1H3. The number of nitrogens with one attached hydrogen (secondary N) is 1. The molecule has 0 unspecified atom stereocenters. The molecule has 2 rings (SSSR count). The molecule has 0 aliphatic rings. The molecule has 0 bridgehead atoms. The van der Waals surface area contributed by atoms with Gasteiger partial charge in [0.15, 0.2) is 6.61 Å². The van der Waals surface area contributed by atoms with E-state index in [2.05, 4.69) is 5.32 Å². The predicted molar refractivity (Wildman–Crippen MR) is 80.4 cm³/mol. The van der Waals surface area contributed by atoms with E-state index >= 15 is 0 Å². The molecule has 0 amide bonds. The van der Waals surface area contributed by atoms with Crippen LogP contribution in [0.4, 0.5) is 0 Å². The zero-order valence-electron chi connectivity index (χ0n) is 11.4. The minimum atomic E-state index is -0.0607. The summed E-state index contributed by atoms with van der Waals surface area (Å²) < 4.78 is 5.50. The van der Waals surface area contributed by atoms with E-state index < -0.39 is 0 Å². The molecule has 0 atom stereocenters. The van der Waals surface area contributed by atoms with Crippen molar-refractivity contribution in [2.75, 3.05) is 13.7 Å². The second-order valence-electron chi connectivity index (χ2n) is 4.24. The number of carbonyl (C=O) groups excluding carboxylic acids is 1. The van der Waals surface area contributed by atoms with Crippen molar-refractivity contribution < 1.29 is 9.53 Å². The van der Waals surface area contributed by atoms with Gasteiger partial charge in [-0.2, -0.15) is 0 Å². The van der Waals surface area contributed by atoms with Crippen molar-refractivity contribution in [2.24, 2.45) is 0 Å². The molecule has 0 aliphatic carbocycles. The van der Waals surface area contributed by atoms with E-state index in [4.69, 9.17) is 4.74 Å². The van der Waals surface area contributed by atoms with Crippen LogP contribution in [0.2, 0.25) is 0 Å². The maximum atomic E-state index is 12.3. The van der Waals surface area contributed by atoms with Crippen LogP contribution in [-0.2, 0) is 4.79 Å². The maximum Gasteiger partial charge on any atom is 0.202 e. The second kappa shape index (κ2) is 7.14. The lowest BCUT2D eigenvalue weighted by molar-refractivity contribution is -0.115. The molecule has 0 radical (unpaired) electrons. The van der Waals surface area contributed by atoms with Gasteiger partial charge in [0.1, 0.15) is 5.75 Å². The first-order valence-electron chi connectivity index (χ1n) is 6.45. The minimum absolute atomic E-state index is 0.0203. The van der Waals surface area contributed by atoms with E-state index in [-0.39, 0.29) is 12.4 Å². The van der Waals surface area contributed by atoms with Gasteiger partial charge in [-0.15, -0.1) is 0 Å². The first-order valence-corrected chi connectivity index (χ1v) is 6.45. The molecule has 3 heteroatoms. The van der Waals surface area contributed by atoms with E-state index in [1.54, 1.807) is 13.2 Å². The SMILES string of the molecule is CNC=C(C(=O)COc1ccccc1)c1ccccc1. The summed E-state index contributed by atoms with van der Waals surface area (Å²) >= 11 is 0. The molecule has 3 nitrogen and oxygen atoms in total. The monoisotopic (exact) mass is 267 g/mol. The Morgan fingerprint density at radius 2 is 1.65 bits per heavy atom. The van der Waals surface area contributed by atoms with Gasteiger partial charge in [-0.1, -0.05) is 48.5 Å². The first-order chi connectivity index (χ1) is 9.81. The number of ketones is 1. The van der Waals surface area contributed by atoms with Crippen LogP contribution in [0.5, 0.6) is 5.75 Å². The Balaban J connectivity index is 2.07. The van der Waals surface area contributed by atoms with Gasteiger partial charge >= 0.3 is 0 Å². The van der Waals surface area contributed by atoms with Gasteiger partial charge in [0.05, 0.1) is 0 Å². The number of benzene rings is 2. The lowest BCUT2D eigenvalue weighted by Gasteiger charge is -2.09. The summed E-state index contributed by atoms with van der Waals surface area (Å²) in [5, 5.41) is 2.91. The summed E-state index contributed by atoms with van der Waals surface area (Å²) in [6.45, 7) is 0.0203. The smallest absolute Gasteiger partial charge is 0.202 e. The Morgan fingerprint density at radius 1 is 1.05 bits per heavy atom. The fourth-order valence-electron chi connectivity index (χ4n) is 1.83. The minimum Gasteiger partial charge on any atom is -0.485 e. The molecule has 0 saturated carbocycles. The molecule has 0 saturated heterocycles. The van der Waals surface area contributed by atoms with Crippen molar-refractivity contribution in [1.29, 1.82) is 0 Å². The third-order valence-electron chi connectivity index (χ3n) is 2.79. The van der Waals surface area contributed by atoms with Crippen molar-refractivity contribution in [3.63, 3.8) is 0 Å². The lowest BCUT2D eigenvalue weighted by atomic mass is 10.0. The van der Waals surface area contributed by atoms with Crippen LogP contribution in [0, 0.1) is 0 Å². The van der Waals surface area contributed by atoms with Gasteiger partial charge in [-0.25, -0.2) is 0 Å². The van der Waals surface area contributed by atoms with Crippen molar-refractivity contribution >= 4 is 11.4 Å². The maximum absolute atomic E-state index is 12.3. The van der Waals surface area contributed by atoms with E-state index in [1.807, 2.05) is 60.7 Å². The van der Waals surface area contributed by atoms with Gasteiger partial charge in [0, 0.05) is 18.8 Å². The normalized spacial score (nSPS) is 10.9. The van der Waals surface area contributed by atoms with E-state index in [0.717, 1.165) is 5.56 Å². The molecule has 1 N–H and O–H groups in total. The van der Waals surface area contributed by atoms with Crippen molar-refractivity contribution in [1.82, 2.24) is 5.32 Å². The number of rotatable bonds is 6. The van der Waals surface area contributed by atoms with Gasteiger partial charge in [-0.05, 0) is 17.7 Å². The molecular formula is C17H17NO2. The molecule has 0 spiro atoms. The van der Waals surface area contributed by atoms with Crippen LogP contribution in [0.3, 0.4) is 0 Å². The Kier molecular flexibility index (Phi) is 4.95. The number of carbonyl (C=O) groups is 1. The molecule has 2 aromatic rings. The van der Waals surface area contributed by atoms with Crippen LogP contribution < -0.4 is 10.1 Å². The number of hydrogen-bond acceptors (Lipinski definition) is 3. The number of Topliss-reactive ketones (excluding diaryl/α,β-unsaturated/α-hetero) is 1. The molecule has 0 aliphatic heterocycles. The van der Waals surface area contributed by atoms with Crippen LogP contribution in [0.15, 0.2) is 66.9 Å². The summed E-state index contributed by atoms with van der Waals surface area (Å²) in [4.78, 5) is 12.3. The Labute approximate surface area is 118 Å². The highest BCUT2D eigenvalue weighted by Gasteiger charge is 2.12. The fraction of sp³-hybridized carbons (Fsp3) is 0.118. The van der Waals surface area contributed by atoms with Gasteiger partial charge < -0.3 is 10.1 Å². The zero-order chi connectivity index (χ0) is 14.2. The van der Waals surface area contributed by atoms with Crippen LogP contribution in [0.1, 0.15) is 5.56 Å². The summed E-state index contributed by atoms with van der Waals surface area (Å²) in [5.41, 5.74) is 1.49. The molecule has 20 heavy (non-hydrogen) atoms. The van der Waals surface area contributed by atoms with E-state index in [1.165, 1.54) is 0 Å². The summed E-state index contributed by atoms with van der Waals surface area (Å²) in [5.74, 6) is 0.632. The molecule has 2 aromatic carbocycles. The third-order valence-corrected chi connectivity index (χ3v) is 2.79. The number of para-hydroxylation sites is 1. The highest BCUT2D eigenvalue weighted by atomic mass is 16.5. The van der Waals surface area contributed by atoms with E-state index in [0.29, 0.717) is 11.3 Å². The van der Waals surface area contributed by atoms with E-state index in [9.17, 15) is 4.79 Å². The summed E-state index contributed by atoms with van der Waals surface area (Å²) in [6, 6.07) is 18.9. The van der Waals surface area contributed by atoms with Gasteiger partial charge in [0.2, 0.25) is 5.78 Å². The third kappa shape index (κ3) is 3.72.